The Balaban J connectivity index is 1.79. The Kier molecular flexibility index (Phi) is 4.55. The van der Waals surface area contributed by atoms with Crippen molar-refractivity contribution in [2.45, 2.75) is 25.7 Å². The van der Waals surface area contributed by atoms with Crippen molar-refractivity contribution in [3.05, 3.63) is 53.1 Å². The molecule has 0 aliphatic carbocycles. The molecule has 4 rings (SSSR count). The first-order valence-corrected chi connectivity index (χ1v) is 9.31. The summed E-state index contributed by atoms with van der Waals surface area (Å²) in [5.41, 5.74) is 2.71. The molecular formula is C21H24N2O3. The van der Waals surface area contributed by atoms with Gasteiger partial charge in [0.2, 0.25) is 0 Å². The van der Waals surface area contributed by atoms with Crippen molar-refractivity contribution >= 4 is 5.91 Å². The number of carbonyl (C=O) groups is 1. The normalized spacial score (nSPS) is 19.2. The number of carbonyl (C=O) groups excluding carboxylic acids is 1. The summed E-state index contributed by atoms with van der Waals surface area (Å²) in [5, 5.41) is 16.6. The minimum atomic E-state index is -0.111. The van der Waals surface area contributed by atoms with Gasteiger partial charge in [0.25, 0.3) is 5.91 Å². The zero-order valence-corrected chi connectivity index (χ0v) is 14.9. The molecule has 2 aromatic carbocycles. The van der Waals surface area contributed by atoms with Crippen molar-refractivity contribution in [3.8, 4) is 17.2 Å². The number of rotatable bonds is 3. The van der Waals surface area contributed by atoms with Gasteiger partial charge in [-0.05, 0) is 57.0 Å². The van der Waals surface area contributed by atoms with Gasteiger partial charge in [0.15, 0.2) is 11.5 Å². The third-order valence-corrected chi connectivity index (χ3v) is 5.38. The van der Waals surface area contributed by atoms with Gasteiger partial charge in [0.05, 0.1) is 0 Å². The van der Waals surface area contributed by atoms with Crippen LogP contribution in [0.5, 0.6) is 17.2 Å². The number of para-hydroxylation sites is 1. The quantitative estimate of drug-likeness (QED) is 0.792. The van der Waals surface area contributed by atoms with E-state index in [4.69, 9.17) is 4.74 Å². The summed E-state index contributed by atoms with van der Waals surface area (Å²) < 4.78 is 6.05. The molecule has 0 spiro atoms. The molecule has 5 nitrogen and oxygen atoms in total. The molecule has 0 aromatic heterocycles. The molecule has 2 heterocycles. The van der Waals surface area contributed by atoms with Crippen LogP contribution in [-0.2, 0) is 0 Å². The molecule has 1 atom stereocenters. The topological polar surface area (TPSA) is 70.6 Å². The van der Waals surface area contributed by atoms with Gasteiger partial charge in [-0.15, -0.1) is 0 Å². The fourth-order valence-electron chi connectivity index (χ4n) is 4.14. The van der Waals surface area contributed by atoms with Crippen molar-refractivity contribution in [1.29, 1.82) is 0 Å². The second kappa shape index (κ2) is 7.00. The highest BCUT2D eigenvalue weighted by atomic mass is 16.5. The van der Waals surface area contributed by atoms with E-state index in [1.165, 1.54) is 0 Å². The minimum absolute atomic E-state index is 0.111. The van der Waals surface area contributed by atoms with Crippen molar-refractivity contribution < 1.29 is 14.6 Å². The van der Waals surface area contributed by atoms with Gasteiger partial charge in [-0.2, -0.15) is 0 Å². The molecule has 136 valence electrons. The van der Waals surface area contributed by atoms with E-state index in [1.54, 1.807) is 12.1 Å². The van der Waals surface area contributed by atoms with Crippen LogP contribution < -0.4 is 15.4 Å². The summed E-state index contributed by atoms with van der Waals surface area (Å²) in [6, 6.07) is 11.2. The molecule has 0 radical (unpaired) electrons. The maximum atomic E-state index is 12.2. The summed E-state index contributed by atoms with van der Waals surface area (Å²) in [6.07, 6.45) is 2.16. The molecule has 3 N–H and O–H groups in total. The van der Waals surface area contributed by atoms with Crippen molar-refractivity contribution in [2.75, 3.05) is 19.6 Å². The fourth-order valence-corrected chi connectivity index (χ4v) is 4.14. The monoisotopic (exact) mass is 352 g/mol. The Morgan fingerprint density at radius 3 is 2.81 bits per heavy atom. The molecule has 1 unspecified atom stereocenters. The van der Waals surface area contributed by atoms with Gasteiger partial charge in [0.1, 0.15) is 5.75 Å². The molecule has 2 aromatic rings. The Bertz CT molecular complexity index is 828. The lowest BCUT2D eigenvalue weighted by Crippen LogP contribution is -2.32. The molecule has 2 aliphatic heterocycles. The van der Waals surface area contributed by atoms with Gasteiger partial charge >= 0.3 is 0 Å². The zero-order valence-electron chi connectivity index (χ0n) is 14.9. The van der Waals surface area contributed by atoms with Crippen LogP contribution in [0.4, 0.5) is 0 Å². The molecule has 1 saturated heterocycles. The van der Waals surface area contributed by atoms with E-state index in [0.717, 1.165) is 37.1 Å². The number of hydrogen-bond acceptors (Lipinski definition) is 4. The van der Waals surface area contributed by atoms with E-state index >= 15 is 0 Å². The average molecular weight is 352 g/mol. The summed E-state index contributed by atoms with van der Waals surface area (Å²) in [6.45, 7) is 4.48. The highest BCUT2D eigenvalue weighted by Crippen LogP contribution is 2.52. The Labute approximate surface area is 153 Å². The SMILES string of the molecule is CCNC(=O)c1ccc2c(c1)Oc1c(O)cccc1C2C1CCNCC1. The molecular weight excluding hydrogens is 328 g/mol. The highest BCUT2D eigenvalue weighted by Gasteiger charge is 2.35. The van der Waals surface area contributed by atoms with E-state index < -0.39 is 0 Å². The van der Waals surface area contributed by atoms with E-state index in [9.17, 15) is 9.90 Å². The second-order valence-electron chi connectivity index (χ2n) is 6.97. The molecule has 1 amide bonds. The molecule has 1 fully saturated rings. The first-order chi connectivity index (χ1) is 12.7. The zero-order chi connectivity index (χ0) is 18.1. The van der Waals surface area contributed by atoms with Crippen LogP contribution in [0.25, 0.3) is 0 Å². The number of aromatic hydroxyl groups is 1. The van der Waals surface area contributed by atoms with Gasteiger partial charge in [-0.25, -0.2) is 0 Å². The van der Waals surface area contributed by atoms with E-state index in [2.05, 4.69) is 10.6 Å². The number of ether oxygens (including phenoxy) is 1. The predicted octanol–water partition coefficient (Wildman–Crippen LogP) is 3.38. The van der Waals surface area contributed by atoms with Crippen LogP contribution in [-0.4, -0.2) is 30.6 Å². The summed E-state index contributed by atoms with van der Waals surface area (Å²) >= 11 is 0. The Morgan fingerprint density at radius 2 is 2.04 bits per heavy atom. The number of phenolic OH excluding ortho intramolecular Hbond substituents is 1. The van der Waals surface area contributed by atoms with Gasteiger partial charge in [-0.1, -0.05) is 18.2 Å². The molecule has 26 heavy (non-hydrogen) atoms. The number of piperidine rings is 1. The van der Waals surface area contributed by atoms with Gasteiger partial charge in [0, 0.05) is 29.2 Å². The first kappa shape index (κ1) is 16.9. The number of benzene rings is 2. The maximum absolute atomic E-state index is 12.2. The first-order valence-electron chi connectivity index (χ1n) is 9.31. The number of phenols is 1. The van der Waals surface area contributed by atoms with Gasteiger partial charge < -0.3 is 20.5 Å². The van der Waals surface area contributed by atoms with Crippen LogP contribution >= 0.6 is 0 Å². The average Bonchev–Trinajstić information content (AvgIpc) is 2.67. The maximum Gasteiger partial charge on any atom is 0.251 e. The lowest BCUT2D eigenvalue weighted by molar-refractivity contribution is 0.0955. The summed E-state index contributed by atoms with van der Waals surface area (Å²) in [5.74, 6) is 1.89. The standard InChI is InChI=1S/C21H24N2O3/c1-2-23-21(25)14-6-7-15-18(12-14)26-20-16(4-3-5-17(20)24)19(15)13-8-10-22-11-9-13/h3-7,12-13,19,22,24H,2,8-11H2,1H3,(H,23,25). The summed E-state index contributed by atoms with van der Waals surface area (Å²) in [4.78, 5) is 12.2. The third kappa shape index (κ3) is 2.92. The van der Waals surface area contributed by atoms with Crippen LogP contribution in [0, 0.1) is 5.92 Å². The second-order valence-corrected chi connectivity index (χ2v) is 6.97. The predicted molar refractivity (Wildman–Crippen MR) is 100 cm³/mol. The van der Waals surface area contributed by atoms with Crippen molar-refractivity contribution in [3.63, 3.8) is 0 Å². The minimum Gasteiger partial charge on any atom is -0.504 e. The number of hydrogen-bond donors (Lipinski definition) is 3. The Hall–Kier alpha value is -2.53. The lowest BCUT2D eigenvalue weighted by atomic mass is 9.74. The number of amides is 1. The highest BCUT2D eigenvalue weighted by molar-refractivity contribution is 5.94. The van der Waals surface area contributed by atoms with Crippen molar-refractivity contribution in [2.24, 2.45) is 5.92 Å². The number of fused-ring (bicyclic) bond motifs is 2. The van der Waals surface area contributed by atoms with E-state index in [1.807, 2.05) is 31.2 Å². The smallest absolute Gasteiger partial charge is 0.251 e. The summed E-state index contributed by atoms with van der Waals surface area (Å²) in [7, 11) is 0. The molecule has 0 bridgehead atoms. The molecule has 0 saturated carbocycles. The van der Waals surface area contributed by atoms with Crippen LogP contribution in [0.15, 0.2) is 36.4 Å². The molecule has 2 aliphatic rings. The van der Waals surface area contributed by atoms with E-state index in [0.29, 0.717) is 29.5 Å². The van der Waals surface area contributed by atoms with E-state index in [-0.39, 0.29) is 17.6 Å². The van der Waals surface area contributed by atoms with Crippen LogP contribution in [0.3, 0.4) is 0 Å². The molecule has 5 heteroatoms. The van der Waals surface area contributed by atoms with Gasteiger partial charge in [-0.3, -0.25) is 4.79 Å². The number of nitrogens with one attached hydrogen (secondary N) is 2. The van der Waals surface area contributed by atoms with Crippen molar-refractivity contribution in [1.82, 2.24) is 10.6 Å². The van der Waals surface area contributed by atoms with Crippen LogP contribution in [0.1, 0.15) is 47.2 Å². The van der Waals surface area contributed by atoms with Crippen LogP contribution in [0.2, 0.25) is 0 Å². The fraction of sp³-hybridized carbons (Fsp3) is 0.381. The Morgan fingerprint density at radius 1 is 1.23 bits per heavy atom. The lowest BCUT2D eigenvalue weighted by Gasteiger charge is -2.36. The third-order valence-electron chi connectivity index (χ3n) is 5.38. The largest absolute Gasteiger partial charge is 0.504 e.